The Bertz CT molecular complexity index is 378. The maximum atomic E-state index is 5.64. The molecule has 0 saturated heterocycles. The normalized spacial score (nSPS) is 10.2. The number of aryl methyl sites for hydroxylation is 1. The number of allylic oxidation sites excluding steroid dienone is 1. The minimum atomic E-state index is 0.728. The van der Waals surface area contributed by atoms with Crippen molar-refractivity contribution < 1.29 is 4.74 Å². The summed E-state index contributed by atoms with van der Waals surface area (Å²) in [7, 11) is 0. The van der Waals surface area contributed by atoms with Gasteiger partial charge in [-0.15, -0.1) is 6.58 Å². The first kappa shape index (κ1) is 12.8. The highest BCUT2D eigenvalue weighted by Gasteiger charge is 2.10. The zero-order chi connectivity index (χ0) is 12.1. The van der Waals surface area contributed by atoms with Gasteiger partial charge in [-0.05, 0) is 68.9 Å². The van der Waals surface area contributed by atoms with E-state index in [2.05, 4.69) is 33.4 Å². The van der Waals surface area contributed by atoms with E-state index in [0.29, 0.717) is 0 Å². The molecule has 0 heterocycles. The summed E-state index contributed by atoms with van der Waals surface area (Å²) in [6.45, 7) is 13.0. The van der Waals surface area contributed by atoms with Crippen LogP contribution in [-0.2, 0) is 6.42 Å². The summed E-state index contributed by atoms with van der Waals surface area (Å²) < 4.78 is 5.64. The van der Waals surface area contributed by atoms with Gasteiger partial charge < -0.3 is 4.74 Å². The Morgan fingerprint density at radius 3 is 2.50 bits per heavy atom. The van der Waals surface area contributed by atoms with Gasteiger partial charge >= 0.3 is 0 Å². The molecule has 1 aromatic rings. The van der Waals surface area contributed by atoms with Crippen molar-refractivity contribution in [1.82, 2.24) is 0 Å². The summed E-state index contributed by atoms with van der Waals surface area (Å²) in [5.41, 5.74) is 5.41. The average Bonchev–Trinajstić information content (AvgIpc) is 2.26. The van der Waals surface area contributed by atoms with Crippen molar-refractivity contribution in [3.8, 4) is 5.75 Å². The van der Waals surface area contributed by atoms with E-state index in [4.69, 9.17) is 4.74 Å². The van der Waals surface area contributed by atoms with Gasteiger partial charge in [0, 0.05) is 0 Å². The molecule has 0 radical (unpaired) electrons. The zero-order valence-corrected chi connectivity index (χ0v) is 10.9. The van der Waals surface area contributed by atoms with Gasteiger partial charge in [0.05, 0.1) is 6.61 Å². The largest absolute Gasteiger partial charge is 0.494 e. The van der Waals surface area contributed by atoms with Gasteiger partial charge in [-0.2, -0.15) is 0 Å². The van der Waals surface area contributed by atoms with Gasteiger partial charge in [-0.25, -0.2) is 0 Å². The molecule has 1 heteroatoms. The molecular formula is C15H22O. The Hall–Kier alpha value is -1.24. The summed E-state index contributed by atoms with van der Waals surface area (Å²) in [4.78, 5) is 0. The van der Waals surface area contributed by atoms with Crippen LogP contribution < -0.4 is 4.74 Å². The lowest BCUT2D eigenvalue weighted by Gasteiger charge is -2.16. The highest BCUT2D eigenvalue weighted by atomic mass is 16.5. The second-order valence-electron chi connectivity index (χ2n) is 4.18. The molecule has 88 valence electrons. The maximum absolute atomic E-state index is 5.64. The smallest absolute Gasteiger partial charge is 0.122 e. The molecule has 0 atom stereocenters. The number of hydrogen-bond donors (Lipinski definition) is 0. The van der Waals surface area contributed by atoms with Crippen LogP contribution in [0, 0.1) is 20.8 Å². The molecule has 0 aromatic heterocycles. The van der Waals surface area contributed by atoms with Crippen molar-refractivity contribution in [3.63, 3.8) is 0 Å². The van der Waals surface area contributed by atoms with Crippen LogP contribution in [0.25, 0.3) is 0 Å². The predicted octanol–water partition coefficient (Wildman–Crippen LogP) is 4.13. The van der Waals surface area contributed by atoms with Crippen LogP contribution in [-0.4, -0.2) is 6.61 Å². The van der Waals surface area contributed by atoms with Crippen molar-refractivity contribution in [1.29, 1.82) is 0 Å². The molecule has 0 spiro atoms. The second-order valence-corrected chi connectivity index (χ2v) is 4.18. The Labute approximate surface area is 99.1 Å². The quantitative estimate of drug-likeness (QED) is 0.675. The zero-order valence-electron chi connectivity index (χ0n) is 10.9. The van der Waals surface area contributed by atoms with Crippen LogP contribution >= 0.6 is 0 Å². The van der Waals surface area contributed by atoms with Crippen molar-refractivity contribution in [2.45, 2.75) is 40.5 Å². The van der Waals surface area contributed by atoms with E-state index in [9.17, 15) is 0 Å². The second kappa shape index (κ2) is 5.74. The standard InChI is InChI=1S/C15H22O/c1-6-8-9-14-11(3)10-15(16-7-2)13(5)12(14)4/h6,10H,1,7-9H2,2-5H3. The van der Waals surface area contributed by atoms with Gasteiger partial charge in [0.25, 0.3) is 0 Å². The number of hydrogen-bond acceptors (Lipinski definition) is 1. The summed E-state index contributed by atoms with van der Waals surface area (Å²) in [5, 5.41) is 0. The monoisotopic (exact) mass is 218 g/mol. The Morgan fingerprint density at radius 1 is 1.25 bits per heavy atom. The summed E-state index contributed by atoms with van der Waals surface area (Å²) in [5.74, 6) is 1.03. The fourth-order valence-corrected chi connectivity index (χ4v) is 2.04. The summed E-state index contributed by atoms with van der Waals surface area (Å²) in [6.07, 6.45) is 4.09. The predicted molar refractivity (Wildman–Crippen MR) is 70.3 cm³/mol. The Morgan fingerprint density at radius 2 is 1.94 bits per heavy atom. The molecule has 0 aliphatic rings. The van der Waals surface area contributed by atoms with Gasteiger partial charge in [0.15, 0.2) is 0 Å². The molecule has 1 nitrogen and oxygen atoms in total. The SMILES string of the molecule is C=CCCc1c(C)cc(OCC)c(C)c1C. The van der Waals surface area contributed by atoms with Crippen molar-refractivity contribution in [2.24, 2.45) is 0 Å². The third-order valence-electron chi connectivity index (χ3n) is 3.11. The summed E-state index contributed by atoms with van der Waals surface area (Å²) in [6, 6.07) is 2.16. The van der Waals surface area contributed by atoms with Crippen molar-refractivity contribution in [3.05, 3.63) is 41.0 Å². The first-order chi connectivity index (χ1) is 7.61. The molecule has 0 aliphatic heterocycles. The van der Waals surface area contributed by atoms with Gasteiger partial charge in [-0.3, -0.25) is 0 Å². The molecule has 0 N–H and O–H groups in total. The molecule has 0 fully saturated rings. The number of ether oxygens (including phenoxy) is 1. The van der Waals surface area contributed by atoms with Crippen LogP contribution in [0.4, 0.5) is 0 Å². The number of rotatable bonds is 5. The topological polar surface area (TPSA) is 9.23 Å². The molecule has 0 unspecified atom stereocenters. The highest BCUT2D eigenvalue weighted by Crippen LogP contribution is 2.28. The fourth-order valence-electron chi connectivity index (χ4n) is 2.04. The van der Waals surface area contributed by atoms with E-state index in [0.717, 1.165) is 25.2 Å². The Balaban J connectivity index is 3.11. The first-order valence-corrected chi connectivity index (χ1v) is 5.95. The molecular weight excluding hydrogens is 196 g/mol. The minimum absolute atomic E-state index is 0.728. The van der Waals surface area contributed by atoms with Crippen LogP contribution in [0.15, 0.2) is 18.7 Å². The molecule has 1 rings (SSSR count). The lowest BCUT2D eigenvalue weighted by Crippen LogP contribution is -2.01. The molecule has 16 heavy (non-hydrogen) atoms. The van der Waals surface area contributed by atoms with E-state index >= 15 is 0 Å². The van der Waals surface area contributed by atoms with Crippen LogP contribution in [0.3, 0.4) is 0 Å². The van der Waals surface area contributed by atoms with E-state index in [1.54, 1.807) is 0 Å². The van der Waals surface area contributed by atoms with Crippen LogP contribution in [0.1, 0.15) is 35.6 Å². The van der Waals surface area contributed by atoms with Gasteiger partial charge in [0.2, 0.25) is 0 Å². The molecule has 0 saturated carbocycles. The van der Waals surface area contributed by atoms with E-state index in [1.807, 2.05) is 13.0 Å². The molecule has 0 bridgehead atoms. The third-order valence-corrected chi connectivity index (χ3v) is 3.11. The molecule has 0 amide bonds. The van der Waals surface area contributed by atoms with Gasteiger partial charge in [-0.1, -0.05) is 6.08 Å². The first-order valence-electron chi connectivity index (χ1n) is 5.95. The van der Waals surface area contributed by atoms with E-state index in [-0.39, 0.29) is 0 Å². The van der Waals surface area contributed by atoms with Crippen molar-refractivity contribution in [2.75, 3.05) is 6.61 Å². The van der Waals surface area contributed by atoms with E-state index < -0.39 is 0 Å². The lowest BCUT2D eigenvalue weighted by molar-refractivity contribution is 0.337. The maximum Gasteiger partial charge on any atom is 0.122 e. The third kappa shape index (κ3) is 2.66. The molecule has 1 aromatic carbocycles. The van der Waals surface area contributed by atoms with E-state index in [1.165, 1.54) is 22.3 Å². The average molecular weight is 218 g/mol. The van der Waals surface area contributed by atoms with Crippen molar-refractivity contribution >= 4 is 0 Å². The summed E-state index contributed by atoms with van der Waals surface area (Å²) >= 11 is 0. The molecule has 0 aliphatic carbocycles. The van der Waals surface area contributed by atoms with Gasteiger partial charge in [0.1, 0.15) is 5.75 Å². The highest BCUT2D eigenvalue weighted by molar-refractivity contribution is 5.48. The fraction of sp³-hybridized carbons (Fsp3) is 0.467. The Kier molecular flexibility index (Phi) is 4.60. The van der Waals surface area contributed by atoms with Crippen LogP contribution in [0.2, 0.25) is 0 Å². The number of benzene rings is 1. The lowest BCUT2D eigenvalue weighted by atomic mass is 9.94. The minimum Gasteiger partial charge on any atom is -0.494 e. The van der Waals surface area contributed by atoms with Crippen LogP contribution in [0.5, 0.6) is 5.75 Å².